The van der Waals surface area contributed by atoms with Crippen LogP contribution >= 0.6 is 24.4 Å². The first-order chi connectivity index (χ1) is 12.5. The lowest BCUT2D eigenvalue weighted by molar-refractivity contribution is -0.141. The third kappa shape index (κ3) is 6.54. The van der Waals surface area contributed by atoms with Gasteiger partial charge < -0.3 is 10.4 Å². The van der Waals surface area contributed by atoms with Crippen LogP contribution in [0.15, 0.2) is 24.3 Å². The quantitative estimate of drug-likeness (QED) is 0.551. The maximum Gasteiger partial charge on any atom is 0.327 e. The molecule has 1 unspecified atom stereocenters. The average Bonchev–Trinajstić information content (AvgIpc) is 2.67. The smallest absolute Gasteiger partial charge is 0.327 e. The highest BCUT2D eigenvalue weighted by Crippen LogP contribution is 2.32. The Balaban J connectivity index is 1.81. The Hall–Kier alpha value is -1.14. The van der Waals surface area contributed by atoms with E-state index in [1.165, 1.54) is 55.0 Å². The lowest BCUT2D eigenvalue weighted by Gasteiger charge is -2.22. The molecule has 2 rings (SSSR count). The molecule has 0 heterocycles. The average molecular weight is 396 g/mol. The molecule has 2 N–H and O–H groups in total. The van der Waals surface area contributed by atoms with Gasteiger partial charge in [0.2, 0.25) is 5.91 Å². The molecule has 1 aliphatic carbocycles. The number of carboxylic acid groups (broad SMARTS) is 1. The van der Waals surface area contributed by atoms with Crippen molar-refractivity contribution in [3.63, 3.8) is 0 Å². The summed E-state index contributed by atoms with van der Waals surface area (Å²) in [5.74, 6) is 0.647. The number of carbonyl (C=O) groups excluding carboxylic acids is 1. The minimum absolute atomic E-state index is 0.259. The Morgan fingerprint density at radius 1 is 1.23 bits per heavy atom. The lowest BCUT2D eigenvalue weighted by atomic mass is 9.84. The molecule has 0 radical (unpaired) electrons. The number of nitrogens with one attached hydrogen (secondary N) is 1. The van der Waals surface area contributed by atoms with Crippen LogP contribution in [0.2, 0.25) is 0 Å². The summed E-state index contributed by atoms with van der Waals surface area (Å²) >= 11 is 5.61. The van der Waals surface area contributed by atoms with E-state index in [1.54, 1.807) is 6.92 Å². The van der Waals surface area contributed by atoms with Crippen molar-refractivity contribution in [1.82, 2.24) is 5.32 Å². The Bertz CT molecular complexity index is 585. The molecule has 1 aromatic rings. The van der Waals surface area contributed by atoms with Crippen molar-refractivity contribution in [3.8, 4) is 0 Å². The molecule has 0 aliphatic heterocycles. The first kappa shape index (κ1) is 21.2. The summed E-state index contributed by atoms with van der Waals surface area (Å²) in [5, 5.41) is 11.9. The van der Waals surface area contributed by atoms with Crippen LogP contribution in [-0.4, -0.2) is 34.5 Å². The van der Waals surface area contributed by atoms with Gasteiger partial charge in [0.15, 0.2) is 0 Å². The summed E-state index contributed by atoms with van der Waals surface area (Å²) in [4.78, 5) is 23.2. The van der Waals surface area contributed by atoms with Gasteiger partial charge in [0.25, 0.3) is 0 Å². The predicted molar refractivity (Wildman–Crippen MR) is 111 cm³/mol. The van der Waals surface area contributed by atoms with Gasteiger partial charge in [-0.05, 0) is 29.9 Å². The van der Waals surface area contributed by atoms with Gasteiger partial charge in [-0.2, -0.15) is 24.4 Å². The standard InChI is InChI=1S/C20H29NO3S2/c1-14(11-25)19(22)21-18(20(23)24)13-26-12-15-7-9-17(10-8-15)16-5-3-2-4-6-16/h7-10,14,16,18,25H,2-6,11-13H2,1H3,(H,21,22)(H,23,24)/t14-,18?/m1/s1. The van der Waals surface area contributed by atoms with Crippen LogP contribution in [-0.2, 0) is 15.3 Å². The van der Waals surface area contributed by atoms with Crippen LogP contribution in [0.5, 0.6) is 0 Å². The molecule has 0 aromatic heterocycles. The molecule has 0 bridgehead atoms. The number of thioether (sulfide) groups is 1. The maximum atomic E-state index is 11.9. The minimum Gasteiger partial charge on any atom is -0.480 e. The number of amides is 1. The summed E-state index contributed by atoms with van der Waals surface area (Å²) < 4.78 is 0. The topological polar surface area (TPSA) is 66.4 Å². The fraction of sp³-hybridized carbons (Fsp3) is 0.600. The van der Waals surface area contributed by atoms with Crippen LogP contribution in [0.4, 0.5) is 0 Å². The van der Waals surface area contributed by atoms with Crippen LogP contribution < -0.4 is 5.32 Å². The molecule has 1 fully saturated rings. The van der Waals surface area contributed by atoms with E-state index in [4.69, 9.17) is 0 Å². The first-order valence-corrected chi connectivity index (χ1v) is 11.1. The maximum absolute atomic E-state index is 11.9. The molecule has 26 heavy (non-hydrogen) atoms. The Kier molecular flexibility index (Phi) is 8.85. The second-order valence-corrected chi connectivity index (χ2v) is 8.47. The van der Waals surface area contributed by atoms with E-state index in [1.807, 2.05) is 0 Å². The van der Waals surface area contributed by atoms with Crippen LogP contribution in [0, 0.1) is 5.92 Å². The van der Waals surface area contributed by atoms with Crippen molar-refractivity contribution in [2.45, 2.75) is 56.7 Å². The molecule has 144 valence electrons. The SMILES string of the molecule is C[C@H](CS)C(=O)NC(CSCc1ccc(C2CCCCC2)cc1)C(=O)O. The zero-order chi connectivity index (χ0) is 18.9. The van der Waals surface area contributed by atoms with Gasteiger partial charge in [-0.1, -0.05) is 50.5 Å². The third-order valence-corrected chi connectivity index (χ3v) is 6.60. The highest BCUT2D eigenvalue weighted by atomic mass is 32.2. The Morgan fingerprint density at radius 3 is 2.46 bits per heavy atom. The normalized spacial score (nSPS) is 17.5. The third-order valence-electron chi connectivity index (χ3n) is 4.95. The lowest BCUT2D eigenvalue weighted by Crippen LogP contribution is -2.45. The number of aliphatic carboxylic acids is 1. The minimum atomic E-state index is -0.995. The molecule has 1 aliphatic rings. The van der Waals surface area contributed by atoms with E-state index in [2.05, 4.69) is 42.2 Å². The van der Waals surface area contributed by atoms with Crippen molar-refractivity contribution < 1.29 is 14.7 Å². The molecule has 6 heteroatoms. The second kappa shape index (κ2) is 10.9. The van der Waals surface area contributed by atoms with E-state index >= 15 is 0 Å². The molecule has 0 saturated heterocycles. The molecule has 1 amide bonds. The number of benzene rings is 1. The summed E-state index contributed by atoms with van der Waals surface area (Å²) in [6.45, 7) is 1.74. The van der Waals surface area contributed by atoms with Crippen LogP contribution in [0.3, 0.4) is 0 Å². The van der Waals surface area contributed by atoms with Crippen molar-refractivity contribution in [3.05, 3.63) is 35.4 Å². The molecule has 2 atom stereocenters. The van der Waals surface area contributed by atoms with Gasteiger partial charge in [0.1, 0.15) is 6.04 Å². The molecule has 1 saturated carbocycles. The summed E-state index contributed by atoms with van der Waals surface area (Å²) in [6.07, 6.45) is 6.60. The molecule has 1 aromatic carbocycles. The van der Waals surface area contributed by atoms with Gasteiger partial charge in [0, 0.05) is 23.2 Å². The Labute approximate surface area is 165 Å². The number of hydrogen-bond acceptors (Lipinski definition) is 4. The largest absolute Gasteiger partial charge is 0.480 e. The summed E-state index contributed by atoms with van der Waals surface area (Å²) in [7, 11) is 0. The van der Waals surface area contributed by atoms with Crippen LogP contribution in [0.1, 0.15) is 56.1 Å². The number of rotatable bonds is 9. The van der Waals surface area contributed by atoms with Gasteiger partial charge in [0.05, 0.1) is 0 Å². The van der Waals surface area contributed by atoms with Gasteiger partial charge in [-0.25, -0.2) is 4.79 Å². The number of carboxylic acids is 1. The van der Waals surface area contributed by atoms with Gasteiger partial charge in [-0.3, -0.25) is 4.79 Å². The fourth-order valence-electron chi connectivity index (χ4n) is 3.19. The number of thiol groups is 1. The van der Waals surface area contributed by atoms with E-state index in [9.17, 15) is 14.7 Å². The van der Waals surface area contributed by atoms with E-state index in [0.29, 0.717) is 17.4 Å². The summed E-state index contributed by atoms with van der Waals surface area (Å²) in [6, 6.07) is 7.87. The van der Waals surface area contributed by atoms with Crippen molar-refractivity contribution in [2.24, 2.45) is 5.92 Å². The molecule has 4 nitrogen and oxygen atoms in total. The van der Waals surface area contributed by atoms with Crippen LogP contribution in [0.25, 0.3) is 0 Å². The van der Waals surface area contributed by atoms with E-state index < -0.39 is 12.0 Å². The predicted octanol–water partition coefficient (Wildman–Crippen LogP) is 4.10. The molecule has 0 spiro atoms. The van der Waals surface area contributed by atoms with Gasteiger partial charge in [-0.15, -0.1) is 0 Å². The second-order valence-electron chi connectivity index (χ2n) is 7.07. The van der Waals surface area contributed by atoms with E-state index in [-0.39, 0.29) is 11.8 Å². The van der Waals surface area contributed by atoms with Gasteiger partial charge >= 0.3 is 5.97 Å². The number of carbonyl (C=O) groups is 2. The van der Waals surface area contributed by atoms with Crippen molar-refractivity contribution in [2.75, 3.05) is 11.5 Å². The highest BCUT2D eigenvalue weighted by molar-refractivity contribution is 7.98. The monoisotopic (exact) mass is 395 g/mol. The Morgan fingerprint density at radius 2 is 1.88 bits per heavy atom. The molecular formula is C20H29NO3S2. The zero-order valence-electron chi connectivity index (χ0n) is 15.3. The van der Waals surface area contributed by atoms with Crippen molar-refractivity contribution >= 4 is 36.3 Å². The molecular weight excluding hydrogens is 366 g/mol. The van der Waals surface area contributed by atoms with E-state index in [0.717, 1.165) is 5.75 Å². The highest BCUT2D eigenvalue weighted by Gasteiger charge is 2.22. The number of hydrogen-bond donors (Lipinski definition) is 3. The fourth-order valence-corrected chi connectivity index (χ4v) is 4.36. The summed E-state index contributed by atoms with van der Waals surface area (Å²) in [5.41, 5.74) is 2.61. The zero-order valence-corrected chi connectivity index (χ0v) is 17.0. The first-order valence-electron chi connectivity index (χ1n) is 9.32. The van der Waals surface area contributed by atoms with Crippen molar-refractivity contribution in [1.29, 1.82) is 0 Å².